The van der Waals surface area contributed by atoms with Gasteiger partial charge in [0.1, 0.15) is 0 Å². The van der Waals surface area contributed by atoms with Crippen molar-refractivity contribution in [3.8, 4) is 0 Å². The monoisotopic (exact) mass is 362 g/mol. The second-order valence-corrected chi connectivity index (χ2v) is 10.5. The van der Waals surface area contributed by atoms with Crippen molar-refractivity contribution in [2.45, 2.75) is 72.1 Å². The van der Waals surface area contributed by atoms with Gasteiger partial charge in [0.15, 0.2) is 5.78 Å². The highest BCUT2D eigenvalue weighted by Gasteiger charge is 2.60. The van der Waals surface area contributed by atoms with Crippen LogP contribution in [-0.2, 0) is 0 Å². The van der Waals surface area contributed by atoms with Gasteiger partial charge >= 0.3 is 0 Å². The van der Waals surface area contributed by atoms with Crippen LogP contribution in [0.3, 0.4) is 0 Å². The maximum atomic E-state index is 13.3. The van der Waals surface area contributed by atoms with E-state index in [4.69, 9.17) is 0 Å². The molecule has 0 N–H and O–H groups in total. The van der Waals surface area contributed by atoms with Crippen molar-refractivity contribution in [2.24, 2.45) is 34.5 Å². The van der Waals surface area contributed by atoms with Crippen molar-refractivity contribution >= 4 is 5.78 Å². The lowest BCUT2D eigenvalue weighted by atomic mass is 9.48. The predicted octanol–water partition coefficient (Wildman–Crippen LogP) is 6.84. The van der Waals surface area contributed by atoms with Crippen molar-refractivity contribution in [2.75, 3.05) is 0 Å². The Morgan fingerprint density at radius 1 is 0.926 bits per heavy atom. The third-order valence-electron chi connectivity index (χ3n) is 9.58. The molecule has 27 heavy (non-hydrogen) atoms. The zero-order valence-electron chi connectivity index (χ0n) is 17.3. The zero-order chi connectivity index (χ0) is 18.8. The van der Waals surface area contributed by atoms with Gasteiger partial charge in [0.2, 0.25) is 0 Å². The van der Waals surface area contributed by atoms with Crippen molar-refractivity contribution in [3.05, 3.63) is 47.0 Å². The molecule has 0 saturated heterocycles. The number of ketones is 1. The van der Waals surface area contributed by atoms with Crippen LogP contribution < -0.4 is 0 Å². The molecule has 5 rings (SSSR count). The standard InChI is InChI=1S/C26H34O/c1-17-13-15-25(2)20(17)10-9-19-21-11-12-23(26(21,3)16-14-22(19)25)24(27)18-7-5-4-6-8-18/h4-8,19,21-23H,9-16H2,1-3H3/t19-,21+,22+,23-,25-,26+/m1/s1. The Labute approximate surface area is 164 Å². The number of hydrogen-bond donors (Lipinski definition) is 0. The molecule has 0 bridgehead atoms. The number of hydrogen-bond acceptors (Lipinski definition) is 1. The highest BCUT2D eigenvalue weighted by Crippen LogP contribution is 2.68. The first-order valence-electron chi connectivity index (χ1n) is 11.2. The largest absolute Gasteiger partial charge is 0.294 e. The lowest BCUT2D eigenvalue weighted by Gasteiger charge is -2.56. The van der Waals surface area contributed by atoms with Gasteiger partial charge in [0.25, 0.3) is 0 Å². The summed E-state index contributed by atoms with van der Waals surface area (Å²) >= 11 is 0. The number of allylic oxidation sites excluding steroid dienone is 2. The van der Waals surface area contributed by atoms with Crippen LogP contribution in [0, 0.1) is 34.5 Å². The van der Waals surface area contributed by atoms with Crippen LogP contribution in [0.4, 0.5) is 0 Å². The number of rotatable bonds is 2. The summed E-state index contributed by atoms with van der Waals surface area (Å²) in [5.41, 5.74) is 5.14. The Hall–Kier alpha value is -1.37. The first-order chi connectivity index (χ1) is 12.9. The van der Waals surface area contributed by atoms with Crippen LogP contribution in [0.5, 0.6) is 0 Å². The van der Waals surface area contributed by atoms with Crippen molar-refractivity contribution in [1.29, 1.82) is 0 Å². The molecule has 0 aliphatic heterocycles. The number of Topliss-reactive ketones (excluding diaryl/α,β-unsaturated/α-hetero) is 1. The summed E-state index contributed by atoms with van der Waals surface area (Å²) in [4.78, 5) is 13.3. The van der Waals surface area contributed by atoms with E-state index in [1.165, 1.54) is 44.9 Å². The Kier molecular flexibility index (Phi) is 3.98. The summed E-state index contributed by atoms with van der Waals surface area (Å²) in [6, 6.07) is 10.1. The Morgan fingerprint density at radius 3 is 2.48 bits per heavy atom. The van der Waals surface area contributed by atoms with Gasteiger partial charge in [0.05, 0.1) is 0 Å². The van der Waals surface area contributed by atoms with Crippen LogP contribution in [0.2, 0.25) is 0 Å². The minimum absolute atomic E-state index is 0.222. The molecule has 1 heteroatoms. The van der Waals surface area contributed by atoms with E-state index in [-0.39, 0.29) is 11.3 Å². The lowest BCUT2D eigenvalue weighted by Crippen LogP contribution is -2.49. The number of carbonyl (C=O) groups excluding carboxylic acids is 1. The van der Waals surface area contributed by atoms with E-state index in [0.29, 0.717) is 11.2 Å². The first kappa shape index (κ1) is 17.7. The maximum absolute atomic E-state index is 13.3. The van der Waals surface area contributed by atoms with E-state index in [2.05, 4.69) is 20.8 Å². The molecule has 1 aromatic rings. The van der Waals surface area contributed by atoms with Gasteiger partial charge < -0.3 is 0 Å². The molecular weight excluding hydrogens is 328 g/mol. The smallest absolute Gasteiger partial charge is 0.166 e. The average molecular weight is 363 g/mol. The van der Waals surface area contributed by atoms with Crippen molar-refractivity contribution in [1.82, 2.24) is 0 Å². The van der Waals surface area contributed by atoms with E-state index in [9.17, 15) is 4.79 Å². The highest BCUT2D eigenvalue weighted by molar-refractivity contribution is 5.98. The molecule has 0 spiro atoms. The summed E-state index contributed by atoms with van der Waals surface area (Å²) in [6.45, 7) is 7.44. The van der Waals surface area contributed by atoms with E-state index in [1.54, 1.807) is 5.57 Å². The van der Waals surface area contributed by atoms with Gasteiger partial charge in [-0.25, -0.2) is 0 Å². The van der Waals surface area contributed by atoms with Crippen molar-refractivity contribution in [3.63, 3.8) is 0 Å². The number of benzene rings is 1. The second kappa shape index (κ2) is 6.06. The molecule has 0 unspecified atom stereocenters. The molecule has 0 radical (unpaired) electrons. The van der Waals surface area contributed by atoms with Crippen molar-refractivity contribution < 1.29 is 4.79 Å². The molecule has 0 aromatic heterocycles. The predicted molar refractivity (Wildman–Crippen MR) is 111 cm³/mol. The molecule has 1 nitrogen and oxygen atoms in total. The highest BCUT2D eigenvalue weighted by atomic mass is 16.1. The van der Waals surface area contributed by atoms with Gasteiger partial charge in [-0.2, -0.15) is 0 Å². The molecule has 6 atom stereocenters. The Bertz CT molecular complexity index is 790. The normalized spacial score (nSPS) is 43.2. The lowest BCUT2D eigenvalue weighted by molar-refractivity contribution is -0.0412. The minimum atomic E-state index is 0.222. The van der Waals surface area contributed by atoms with Crippen LogP contribution in [0.25, 0.3) is 0 Å². The first-order valence-corrected chi connectivity index (χ1v) is 11.2. The van der Waals surface area contributed by atoms with Gasteiger partial charge in [-0.15, -0.1) is 0 Å². The summed E-state index contributed by atoms with van der Waals surface area (Å²) in [5, 5.41) is 0. The quantitative estimate of drug-likeness (QED) is 0.416. The maximum Gasteiger partial charge on any atom is 0.166 e. The fourth-order valence-electron chi connectivity index (χ4n) is 8.17. The van der Waals surface area contributed by atoms with Gasteiger partial charge in [0, 0.05) is 11.5 Å². The van der Waals surface area contributed by atoms with Gasteiger partial charge in [-0.3, -0.25) is 4.79 Å². The van der Waals surface area contributed by atoms with E-state index in [0.717, 1.165) is 29.7 Å². The van der Waals surface area contributed by atoms with Crippen LogP contribution >= 0.6 is 0 Å². The SMILES string of the molecule is CC1=C2CC[C@@H]3[C@@H]4CC[C@H](C(=O)c5ccccc5)[C@@]4(C)CC[C@@H]3[C@]2(C)CC1. The van der Waals surface area contributed by atoms with E-state index in [1.807, 2.05) is 35.9 Å². The molecule has 3 fully saturated rings. The molecule has 0 amide bonds. The molecule has 0 heterocycles. The molecule has 144 valence electrons. The average Bonchev–Trinajstić information content (AvgIpc) is 3.18. The third-order valence-corrected chi connectivity index (χ3v) is 9.58. The molecule has 1 aromatic carbocycles. The van der Waals surface area contributed by atoms with Crippen LogP contribution in [0.1, 0.15) is 82.5 Å². The van der Waals surface area contributed by atoms with Crippen LogP contribution in [0.15, 0.2) is 41.5 Å². The molecule has 4 aliphatic rings. The number of fused-ring (bicyclic) bond motifs is 5. The molecular formula is C26H34O. The van der Waals surface area contributed by atoms with Gasteiger partial charge in [-0.1, -0.05) is 55.3 Å². The molecule has 4 aliphatic carbocycles. The van der Waals surface area contributed by atoms with Crippen LogP contribution in [-0.4, -0.2) is 5.78 Å². The Morgan fingerprint density at radius 2 is 1.70 bits per heavy atom. The topological polar surface area (TPSA) is 17.1 Å². The fraction of sp³-hybridized carbons (Fsp3) is 0.654. The summed E-state index contributed by atoms with van der Waals surface area (Å²) in [6.07, 6.45) is 10.4. The summed E-state index contributed by atoms with van der Waals surface area (Å²) in [5.74, 6) is 3.12. The zero-order valence-corrected chi connectivity index (χ0v) is 17.3. The second-order valence-electron chi connectivity index (χ2n) is 10.5. The third kappa shape index (κ3) is 2.39. The minimum Gasteiger partial charge on any atom is -0.294 e. The Balaban J connectivity index is 1.44. The van der Waals surface area contributed by atoms with E-state index >= 15 is 0 Å². The number of carbonyl (C=O) groups is 1. The summed E-state index contributed by atoms with van der Waals surface area (Å²) < 4.78 is 0. The van der Waals surface area contributed by atoms with E-state index < -0.39 is 0 Å². The summed E-state index contributed by atoms with van der Waals surface area (Å²) in [7, 11) is 0. The fourth-order valence-corrected chi connectivity index (χ4v) is 8.17. The molecule has 3 saturated carbocycles. The van der Waals surface area contributed by atoms with Gasteiger partial charge in [-0.05, 0) is 86.9 Å².